The highest BCUT2D eigenvalue weighted by molar-refractivity contribution is 7.89. The minimum atomic E-state index is -4.44. The van der Waals surface area contributed by atoms with Crippen LogP contribution in [0.25, 0.3) is 0 Å². The van der Waals surface area contributed by atoms with Crippen molar-refractivity contribution in [2.75, 3.05) is 42.9 Å². The largest absolute Gasteiger partial charge is 0.417 e. The SMILES string of the molecule is NC(=O)N1CCC12CN(c1ccc(S(=O)(=O)N3CCC(Nc4ccc(C(F)(F)F)cn4)CC3)cc1)C2. The lowest BCUT2D eigenvalue weighted by atomic mass is 9.77. The lowest BCUT2D eigenvalue weighted by Gasteiger charge is -2.62. The number of piperidine rings is 1. The van der Waals surface area contributed by atoms with Gasteiger partial charge in [-0.05, 0) is 55.7 Å². The molecule has 3 fully saturated rings. The number of amides is 2. The number of nitrogens with zero attached hydrogens (tertiary/aromatic N) is 4. The van der Waals surface area contributed by atoms with Gasteiger partial charge in [0, 0.05) is 50.6 Å². The Morgan fingerprint density at radius 1 is 1.06 bits per heavy atom. The Morgan fingerprint density at radius 2 is 1.72 bits per heavy atom. The first kappa shape index (κ1) is 24.6. The maximum Gasteiger partial charge on any atom is 0.417 e. The number of primary amides is 1. The number of sulfonamides is 1. The molecule has 3 aliphatic rings. The fourth-order valence-corrected chi connectivity index (χ4v) is 6.60. The van der Waals surface area contributed by atoms with Crippen LogP contribution in [0.1, 0.15) is 24.8 Å². The van der Waals surface area contributed by atoms with Gasteiger partial charge in [0.1, 0.15) is 5.82 Å². The zero-order chi connectivity index (χ0) is 25.7. The number of benzene rings is 1. The molecule has 4 heterocycles. The van der Waals surface area contributed by atoms with Gasteiger partial charge in [-0.2, -0.15) is 17.5 Å². The summed E-state index contributed by atoms with van der Waals surface area (Å²) in [5.41, 5.74) is 5.31. The van der Waals surface area contributed by atoms with E-state index in [1.165, 1.54) is 10.4 Å². The van der Waals surface area contributed by atoms with Crippen LogP contribution in [-0.4, -0.2) is 72.9 Å². The number of carbonyl (C=O) groups excluding carboxylic acids is 1. The molecule has 13 heteroatoms. The van der Waals surface area contributed by atoms with Gasteiger partial charge in [-0.15, -0.1) is 0 Å². The van der Waals surface area contributed by atoms with Gasteiger partial charge in [0.25, 0.3) is 0 Å². The van der Waals surface area contributed by atoms with Crippen molar-refractivity contribution in [2.24, 2.45) is 5.73 Å². The molecule has 2 aromatic rings. The van der Waals surface area contributed by atoms with Gasteiger partial charge in [0.15, 0.2) is 0 Å². The molecule has 0 bridgehead atoms. The second-order valence-electron chi connectivity index (χ2n) is 9.57. The molecule has 2 amide bonds. The maximum atomic E-state index is 13.1. The summed E-state index contributed by atoms with van der Waals surface area (Å²) < 4.78 is 65.8. The van der Waals surface area contributed by atoms with E-state index in [4.69, 9.17) is 5.73 Å². The van der Waals surface area contributed by atoms with Crippen LogP contribution in [0, 0.1) is 0 Å². The molecule has 3 aliphatic heterocycles. The van der Waals surface area contributed by atoms with Crippen LogP contribution in [0.3, 0.4) is 0 Å². The summed E-state index contributed by atoms with van der Waals surface area (Å²) in [5.74, 6) is 0.327. The zero-order valence-electron chi connectivity index (χ0n) is 19.4. The Bertz CT molecular complexity index is 1220. The van der Waals surface area contributed by atoms with E-state index in [0.29, 0.717) is 51.4 Å². The molecule has 3 N–H and O–H groups in total. The van der Waals surface area contributed by atoms with E-state index in [2.05, 4.69) is 15.2 Å². The normalized spacial score (nSPS) is 20.6. The number of anilines is 2. The van der Waals surface area contributed by atoms with Crippen LogP contribution in [0.4, 0.5) is 29.5 Å². The monoisotopic (exact) mass is 524 g/mol. The van der Waals surface area contributed by atoms with Gasteiger partial charge in [0.05, 0.1) is 16.0 Å². The first-order valence-corrected chi connectivity index (χ1v) is 13.1. The minimum Gasteiger partial charge on any atom is -0.367 e. The number of nitrogens with two attached hydrogens (primary N) is 1. The van der Waals surface area contributed by atoms with Crippen LogP contribution in [0.5, 0.6) is 0 Å². The standard InChI is InChI=1S/C23H27F3N6O3S/c24-23(25,26)16-1-6-20(28-13-16)29-17-7-10-31(11-8-17)36(34,35)19-4-2-18(3-5-19)30-14-22(15-30)9-12-32(22)21(27)33/h1-6,13,17H,7-12,14-15H2,(H2,27,33)(H,28,29). The summed E-state index contributed by atoms with van der Waals surface area (Å²) in [7, 11) is -3.67. The minimum absolute atomic E-state index is 0.0896. The maximum absolute atomic E-state index is 13.1. The highest BCUT2D eigenvalue weighted by Gasteiger charge is 2.55. The molecule has 0 aliphatic carbocycles. The molecular formula is C23H27F3N6O3S. The fraction of sp³-hybridized carbons (Fsp3) is 0.478. The number of halogens is 3. The molecule has 194 valence electrons. The number of likely N-dealkylation sites (tertiary alicyclic amines) is 1. The highest BCUT2D eigenvalue weighted by Crippen LogP contribution is 2.41. The van der Waals surface area contributed by atoms with Crippen LogP contribution in [0.2, 0.25) is 0 Å². The molecule has 36 heavy (non-hydrogen) atoms. The molecule has 0 saturated carbocycles. The molecule has 9 nitrogen and oxygen atoms in total. The Kier molecular flexibility index (Phi) is 6.02. The van der Waals surface area contributed by atoms with Crippen LogP contribution in [0.15, 0.2) is 47.5 Å². The predicted molar refractivity (Wildman–Crippen MR) is 127 cm³/mol. The average Bonchev–Trinajstić information content (AvgIpc) is 2.78. The summed E-state index contributed by atoms with van der Waals surface area (Å²) in [6.07, 6.45) is -1.73. The lowest BCUT2D eigenvalue weighted by Crippen LogP contribution is -2.78. The van der Waals surface area contributed by atoms with Crippen LogP contribution in [-0.2, 0) is 16.2 Å². The highest BCUT2D eigenvalue weighted by atomic mass is 32.2. The summed E-state index contributed by atoms with van der Waals surface area (Å²) in [6.45, 7) is 2.61. The molecule has 3 saturated heterocycles. The van der Waals surface area contributed by atoms with Crippen molar-refractivity contribution in [2.45, 2.75) is 41.9 Å². The van der Waals surface area contributed by atoms with Gasteiger partial charge < -0.3 is 20.9 Å². The van der Waals surface area contributed by atoms with Crippen molar-refractivity contribution in [3.8, 4) is 0 Å². The number of rotatable bonds is 5. The molecule has 5 rings (SSSR count). The fourth-order valence-electron chi connectivity index (χ4n) is 5.13. The van der Waals surface area contributed by atoms with Crippen molar-refractivity contribution in [1.29, 1.82) is 0 Å². The van der Waals surface area contributed by atoms with Crippen molar-refractivity contribution in [3.63, 3.8) is 0 Å². The van der Waals surface area contributed by atoms with Crippen molar-refractivity contribution in [1.82, 2.24) is 14.2 Å². The summed E-state index contributed by atoms with van der Waals surface area (Å²) >= 11 is 0. The summed E-state index contributed by atoms with van der Waals surface area (Å²) in [4.78, 5) is 19.3. The molecular weight excluding hydrogens is 497 g/mol. The Balaban J connectivity index is 1.15. The first-order chi connectivity index (χ1) is 17.0. The molecule has 0 unspecified atom stereocenters. The number of alkyl halides is 3. The van der Waals surface area contributed by atoms with Crippen LogP contribution < -0.4 is 16.0 Å². The second-order valence-corrected chi connectivity index (χ2v) is 11.5. The molecule has 1 aromatic heterocycles. The number of pyridine rings is 1. The number of hydrogen-bond donors (Lipinski definition) is 2. The van der Waals surface area contributed by atoms with Gasteiger partial charge in [-0.25, -0.2) is 18.2 Å². The van der Waals surface area contributed by atoms with Crippen molar-refractivity contribution >= 4 is 27.6 Å². The number of nitrogens with one attached hydrogen (secondary N) is 1. The number of carbonyl (C=O) groups is 1. The number of urea groups is 1. The van der Waals surface area contributed by atoms with E-state index in [9.17, 15) is 26.4 Å². The van der Waals surface area contributed by atoms with Crippen molar-refractivity contribution < 1.29 is 26.4 Å². The van der Waals surface area contributed by atoms with Gasteiger partial charge >= 0.3 is 12.2 Å². The summed E-state index contributed by atoms with van der Waals surface area (Å²) in [5, 5.41) is 3.09. The third kappa shape index (κ3) is 4.45. The van der Waals surface area contributed by atoms with Gasteiger partial charge in [0.2, 0.25) is 10.0 Å². The average molecular weight is 525 g/mol. The van der Waals surface area contributed by atoms with E-state index in [0.717, 1.165) is 24.4 Å². The third-order valence-corrected chi connectivity index (χ3v) is 9.26. The van der Waals surface area contributed by atoms with E-state index in [1.54, 1.807) is 29.2 Å². The molecule has 0 atom stereocenters. The predicted octanol–water partition coefficient (Wildman–Crippen LogP) is 2.71. The Morgan fingerprint density at radius 3 is 2.22 bits per heavy atom. The smallest absolute Gasteiger partial charge is 0.367 e. The number of hydrogen-bond acceptors (Lipinski definition) is 6. The van der Waals surface area contributed by atoms with E-state index in [-0.39, 0.29) is 16.5 Å². The van der Waals surface area contributed by atoms with E-state index < -0.39 is 27.8 Å². The first-order valence-electron chi connectivity index (χ1n) is 11.7. The molecule has 1 aromatic carbocycles. The van der Waals surface area contributed by atoms with Gasteiger partial charge in [-0.1, -0.05) is 0 Å². The topological polar surface area (TPSA) is 112 Å². The van der Waals surface area contributed by atoms with Crippen LogP contribution >= 0.6 is 0 Å². The van der Waals surface area contributed by atoms with Crippen molar-refractivity contribution in [3.05, 3.63) is 48.2 Å². The Hall–Kier alpha value is -3.06. The second kappa shape index (κ2) is 8.80. The van der Waals surface area contributed by atoms with E-state index >= 15 is 0 Å². The number of aromatic nitrogens is 1. The van der Waals surface area contributed by atoms with E-state index in [1.807, 2.05) is 0 Å². The van der Waals surface area contributed by atoms with Gasteiger partial charge in [-0.3, -0.25) is 0 Å². The molecule has 0 radical (unpaired) electrons. The molecule has 1 spiro atoms. The quantitative estimate of drug-likeness (QED) is 0.622. The summed E-state index contributed by atoms with van der Waals surface area (Å²) in [6, 6.07) is 8.50. The third-order valence-electron chi connectivity index (χ3n) is 7.35. The lowest BCUT2D eigenvalue weighted by molar-refractivity contribution is -0.137. The zero-order valence-corrected chi connectivity index (χ0v) is 20.2. The Labute approximate surface area is 207 Å².